The number of hydrogen-bond acceptors (Lipinski definition) is 6. The number of nitrogens with zero attached hydrogens (tertiary/aromatic N) is 3. The maximum Gasteiger partial charge on any atom is 0.260 e. The minimum absolute atomic E-state index is 0.108. The lowest BCUT2D eigenvalue weighted by molar-refractivity contribution is -0.134. The Bertz CT molecular complexity index is 835. The van der Waals surface area contributed by atoms with Crippen LogP contribution in [-0.4, -0.2) is 34.1 Å². The lowest BCUT2D eigenvalue weighted by Gasteiger charge is -2.19. The van der Waals surface area contributed by atoms with E-state index in [0.717, 1.165) is 4.88 Å². The summed E-state index contributed by atoms with van der Waals surface area (Å²) in [4.78, 5) is 19.2. The topological polar surface area (TPSA) is 68.5 Å². The van der Waals surface area contributed by atoms with Gasteiger partial charge < -0.3 is 14.2 Å². The fraction of sp³-hybridized carbons (Fsp3) is 0.235. The molecule has 0 saturated heterocycles. The summed E-state index contributed by atoms with van der Waals surface area (Å²) in [7, 11) is 0. The van der Waals surface area contributed by atoms with Crippen LogP contribution in [0.4, 0.5) is 0 Å². The number of ether oxygens (including phenoxy) is 1. The first kappa shape index (κ1) is 17.4. The van der Waals surface area contributed by atoms with Crippen LogP contribution in [0.15, 0.2) is 46.3 Å². The summed E-state index contributed by atoms with van der Waals surface area (Å²) < 4.78 is 10.7. The van der Waals surface area contributed by atoms with Gasteiger partial charge in [0.2, 0.25) is 11.7 Å². The molecule has 0 atom stereocenters. The molecule has 0 unspecified atom stereocenters. The zero-order chi connectivity index (χ0) is 17.6. The van der Waals surface area contributed by atoms with E-state index >= 15 is 0 Å². The van der Waals surface area contributed by atoms with Gasteiger partial charge in [0, 0.05) is 6.54 Å². The number of thiophene rings is 1. The third-order valence-corrected chi connectivity index (χ3v) is 4.64. The van der Waals surface area contributed by atoms with Crippen molar-refractivity contribution in [3.8, 4) is 16.5 Å². The van der Waals surface area contributed by atoms with Crippen LogP contribution < -0.4 is 4.74 Å². The molecule has 3 aromatic rings. The molecule has 25 heavy (non-hydrogen) atoms. The van der Waals surface area contributed by atoms with Crippen LogP contribution in [0.3, 0.4) is 0 Å². The Hall–Kier alpha value is -2.38. The summed E-state index contributed by atoms with van der Waals surface area (Å²) in [6.45, 7) is 2.51. The van der Waals surface area contributed by atoms with E-state index in [1.165, 1.54) is 11.3 Å². The van der Waals surface area contributed by atoms with E-state index in [1.54, 1.807) is 29.2 Å². The lowest BCUT2D eigenvalue weighted by Crippen LogP contribution is -2.34. The molecule has 1 amide bonds. The molecular weight excluding hydrogens is 362 g/mol. The van der Waals surface area contributed by atoms with Crippen LogP contribution in [0.5, 0.6) is 5.75 Å². The fourth-order valence-electron chi connectivity index (χ4n) is 2.16. The van der Waals surface area contributed by atoms with Crippen LogP contribution in [0.25, 0.3) is 10.7 Å². The smallest absolute Gasteiger partial charge is 0.260 e. The largest absolute Gasteiger partial charge is 0.482 e. The second kappa shape index (κ2) is 8.13. The van der Waals surface area contributed by atoms with Gasteiger partial charge >= 0.3 is 0 Å². The van der Waals surface area contributed by atoms with Crippen molar-refractivity contribution in [2.45, 2.75) is 13.5 Å². The average Bonchev–Trinajstić information content (AvgIpc) is 3.30. The van der Waals surface area contributed by atoms with Crippen molar-refractivity contribution in [3.63, 3.8) is 0 Å². The number of likely N-dealkylation sites (N-methyl/N-ethyl adjacent to an activating group) is 1. The zero-order valence-corrected chi connectivity index (χ0v) is 15.1. The molecule has 0 aliphatic heterocycles. The molecule has 0 N–H and O–H groups in total. The molecule has 130 valence electrons. The van der Waals surface area contributed by atoms with Crippen LogP contribution in [0.1, 0.15) is 12.8 Å². The van der Waals surface area contributed by atoms with Crippen molar-refractivity contribution >= 4 is 28.8 Å². The van der Waals surface area contributed by atoms with E-state index in [1.807, 2.05) is 24.4 Å². The third kappa shape index (κ3) is 4.37. The molecule has 0 fully saturated rings. The Balaban J connectivity index is 1.60. The summed E-state index contributed by atoms with van der Waals surface area (Å²) in [6.07, 6.45) is 0. The number of carbonyl (C=O) groups is 1. The Morgan fingerprint density at radius 2 is 2.16 bits per heavy atom. The minimum Gasteiger partial charge on any atom is -0.482 e. The van der Waals surface area contributed by atoms with Gasteiger partial charge in [0.1, 0.15) is 12.3 Å². The monoisotopic (exact) mass is 377 g/mol. The second-order valence-electron chi connectivity index (χ2n) is 5.12. The van der Waals surface area contributed by atoms with Gasteiger partial charge in [-0.1, -0.05) is 35.0 Å². The van der Waals surface area contributed by atoms with Crippen LogP contribution >= 0.6 is 22.9 Å². The van der Waals surface area contributed by atoms with E-state index in [0.29, 0.717) is 29.0 Å². The second-order valence-corrected chi connectivity index (χ2v) is 6.47. The molecule has 0 radical (unpaired) electrons. The molecule has 6 nitrogen and oxygen atoms in total. The first-order chi connectivity index (χ1) is 12.2. The molecule has 0 saturated carbocycles. The van der Waals surface area contributed by atoms with Gasteiger partial charge in [-0.2, -0.15) is 4.98 Å². The van der Waals surface area contributed by atoms with E-state index < -0.39 is 0 Å². The van der Waals surface area contributed by atoms with Crippen molar-refractivity contribution in [1.82, 2.24) is 15.0 Å². The highest BCUT2D eigenvalue weighted by Gasteiger charge is 2.18. The van der Waals surface area contributed by atoms with Gasteiger partial charge in [0.25, 0.3) is 5.91 Å². The lowest BCUT2D eigenvalue weighted by atomic mass is 10.3. The summed E-state index contributed by atoms with van der Waals surface area (Å²) >= 11 is 7.55. The highest BCUT2D eigenvalue weighted by Crippen LogP contribution is 2.23. The van der Waals surface area contributed by atoms with Gasteiger partial charge in [0.05, 0.1) is 9.90 Å². The molecule has 0 aliphatic carbocycles. The first-order valence-corrected chi connectivity index (χ1v) is 8.94. The summed E-state index contributed by atoms with van der Waals surface area (Å²) in [5.74, 6) is 1.21. The van der Waals surface area contributed by atoms with Crippen molar-refractivity contribution in [2.24, 2.45) is 0 Å². The van der Waals surface area contributed by atoms with Gasteiger partial charge in [-0.3, -0.25) is 4.79 Å². The molecule has 2 aromatic heterocycles. The van der Waals surface area contributed by atoms with Crippen molar-refractivity contribution < 1.29 is 14.1 Å². The Labute approximate surface area is 154 Å². The zero-order valence-electron chi connectivity index (χ0n) is 13.5. The van der Waals surface area contributed by atoms with E-state index in [2.05, 4.69) is 10.1 Å². The Kier molecular flexibility index (Phi) is 5.67. The first-order valence-electron chi connectivity index (χ1n) is 7.69. The quantitative estimate of drug-likeness (QED) is 0.625. The summed E-state index contributed by atoms with van der Waals surface area (Å²) in [5.41, 5.74) is 0. The number of halogens is 1. The summed E-state index contributed by atoms with van der Waals surface area (Å²) in [5, 5.41) is 6.36. The third-order valence-electron chi connectivity index (χ3n) is 3.46. The number of rotatable bonds is 7. The van der Waals surface area contributed by atoms with Gasteiger partial charge in [0.15, 0.2) is 6.61 Å². The van der Waals surface area contributed by atoms with Crippen LogP contribution in [-0.2, 0) is 11.3 Å². The summed E-state index contributed by atoms with van der Waals surface area (Å²) in [6, 6.07) is 10.9. The highest BCUT2D eigenvalue weighted by molar-refractivity contribution is 7.13. The number of aromatic nitrogens is 2. The Morgan fingerprint density at radius 3 is 2.88 bits per heavy atom. The van der Waals surface area contributed by atoms with E-state index in [-0.39, 0.29) is 19.1 Å². The SMILES string of the molecule is CCN(Cc1nc(-c2cccs2)no1)C(=O)COc1ccccc1Cl. The standard InChI is InChI=1S/C17H16ClN3O3S/c1-2-21(16(22)11-23-13-7-4-3-6-12(13)18)10-15-19-17(20-24-15)14-8-5-9-25-14/h3-9H,2,10-11H2,1H3. The van der Waals surface area contributed by atoms with Gasteiger partial charge in [-0.15, -0.1) is 11.3 Å². The van der Waals surface area contributed by atoms with Crippen molar-refractivity contribution in [1.29, 1.82) is 0 Å². The number of amides is 1. The van der Waals surface area contributed by atoms with Gasteiger partial charge in [-0.25, -0.2) is 0 Å². The number of benzene rings is 1. The molecule has 1 aromatic carbocycles. The van der Waals surface area contributed by atoms with Gasteiger partial charge in [-0.05, 0) is 30.5 Å². The predicted octanol–water partition coefficient (Wildman–Crippen LogP) is 3.88. The predicted molar refractivity (Wildman–Crippen MR) is 95.6 cm³/mol. The molecule has 8 heteroatoms. The van der Waals surface area contributed by atoms with E-state index in [9.17, 15) is 4.79 Å². The van der Waals surface area contributed by atoms with E-state index in [4.69, 9.17) is 20.9 Å². The number of para-hydroxylation sites is 1. The Morgan fingerprint density at radius 1 is 1.32 bits per heavy atom. The maximum atomic E-state index is 12.4. The molecule has 2 heterocycles. The molecule has 0 spiro atoms. The van der Waals surface area contributed by atoms with Crippen LogP contribution in [0, 0.1) is 0 Å². The molecular formula is C17H16ClN3O3S. The number of carbonyl (C=O) groups excluding carboxylic acids is 1. The molecule has 3 rings (SSSR count). The highest BCUT2D eigenvalue weighted by atomic mass is 35.5. The minimum atomic E-state index is -0.182. The van der Waals surface area contributed by atoms with Crippen molar-refractivity contribution in [2.75, 3.05) is 13.2 Å². The number of hydrogen-bond donors (Lipinski definition) is 0. The maximum absolute atomic E-state index is 12.4. The normalized spacial score (nSPS) is 10.6. The van der Waals surface area contributed by atoms with Crippen LogP contribution in [0.2, 0.25) is 5.02 Å². The van der Waals surface area contributed by atoms with Crippen molar-refractivity contribution in [3.05, 3.63) is 52.7 Å². The average molecular weight is 378 g/mol. The molecule has 0 aliphatic rings. The molecule has 0 bridgehead atoms. The fourth-order valence-corrected chi connectivity index (χ4v) is 3.00.